The quantitative estimate of drug-likeness (QED) is 0.715. The van der Waals surface area contributed by atoms with Gasteiger partial charge in [0.25, 0.3) is 0 Å². The highest BCUT2D eigenvalue weighted by Crippen LogP contribution is 2.05. The van der Waals surface area contributed by atoms with Crippen molar-refractivity contribution in [3.8, 4) is 0 Å². The summed E-state index contributed by atoms with van der Waals surface area (Å²) in [5.41, 5.74) is 1.22. The largest absolute Gasteiger partial charge is 0.267 e. The van der Waals surface area contributed by atoms with Gasteiger partial charge in [0.15, 0.2) is 5.15 Å². The lowest BCUT2D eigenvalue weighted by Gasteiger charge is -2.00. The van der Waals surface area contributed by atoms with E-state index >= 15 is 0 Å². The summed E-state index contributed by atoms with van der Waals surface area (Å²) in [6.45, 7) is 0.771. The average Bonchev–Trinajstić information content (AvgIpc) is 2.53. The van der Waals surface area contributed by atoms with E-state index in [1.165, 1.54) is 5.56 Å². The van der Waals surface area contributed by atoms with Gasteiger partial charge in [0.2, 0.25) is 0 Å². The van der Waals surface area contributed by atoms with E-state index in [-0.39, 0.29) is 0 Å². The smallest absolute Gasteiger partial charge is 0.151 e. The molecule has 0 bridgehead atoms. The van der Waals surface area contributed by atoms with Crippen LogP contribution in [0.1, 0.15) is 5.56 Å². The molecule has 0 amide bonds. The highest BCUT2D eigenvalue weighted by molar-refractivity contribution is 6.29. The molecule has 0 spiro atoms. The van der Waals surface area contributed by atoms with Gasteiger partial charge in [-0.25, -0.2) is 0 Å². The predicted octanol–water partition coefficient (Wildman–Crippen LogP) is 2.58. The van der Waals surface area contributed by atoms with Crippen LogP contribution in [0.15, 0.2) is 42.6 Å². The molecule has 0 fully saturated rings. The number of benzene rings is 1. The summed E-state index contributed by atoms with van der Waals surface area (Å²) in [7, 11) is 0. The van der Waals surface area contributed by atoms with Crippen LogP contribution in [0.3, 0.4) is 0 Å². The molecule has 3 heteroatoms. The zero-order valence-corrected chi connectivity index (χ0v) is 7.78. The molecule has 0 radical (unpaired) electrons. The molecule has 0 atom stereocenters. The fourth-order valence-corrected chi connectivity index (χ4v) is 1.35. The van der Waals surface area contributed by atoms with Crippen LogP contribution in [-0.4, -0.2) is 9.78 Å². The minimum absolute atomic E-state index is 0.538. The van der Waals surface area contributed by atoms with Crippen molar-refractivity contribution in [2.24, 2.45) is 0 Å². The SMILES string of the molecule is Clc1ccn(Cc2ccccc2)n1. The van der Waals surface area contributed by atoms with E-state index in [1.54, 1.807) is 6.07 Å². The molecule has 0 N–H and O–H groups in total. The maximum absolute atomic E-state index is 5.69. The predicted molar refractivity (Wildman–Crippen MR) is 52.8 cm³/mol. The third kappa shape index (κ3) is 2.10. The second-order valence-electron chi connectivity index (χ2n) is 2.82. The van der Waals surface area contributed by atoms with Crippen LogP contribution >= 0.6 is 11.6 Å². The van der Waals surface area contributed by atoms with Crippen molar-refractivity contribution in [2.45, 2.75) is 6.54 Å². The lowest BCUT2D eigenvalue weighted by Crippen LogP contribution is -1.99. The second-order valence-corrected chi connectivity index (χ2v) is 3.21. The first-order chi connectivity index (χ1) is 6.34. The number of halogens is 1. The Bertz CT molecular complexity index is 381. The molecule has 66 valence electrons. The van der Waals surface area contributed by atoms with Crippen molar-refractivity contribution in [3.63, 3.8) is 0 Å². The summed E-state index contributed by atoms with van der Waals surface area (Å²) < 4.78 is 1.82. The summed E-state index contributed by atoms with van der Waals surface area (Å²) in [5.74, 6) is 0. The highest BCUT2D eigenvalue weighted by atomic mass is 35.5. The summed E-state index contributed by atoms with van der Waals surface area (Å²) in [6.07, 6.45) is 1.87. The zero-order chi connectivity index (χ0) is 9.10. The minimum Gasteiger partial charge on any atom is -0.267 e. The molecule has 2 aromatic rings. The summed E-state index contributed by atoms with van der Waals surface area (Å²) in [5, 5.41) is 4.63. The van der Waals surface area contributed by atoms with Crippen LogP contribution in [0, 0.1) is 0 Å². The van der Waals surface area contributed by atoms with Crippen molar-refractivity contribution in [3.05, 3.63) is 53.3 Å². The van der Waals surface area contributed by atoms with Crippen molar-refractivity contribution >= 4 is 11.6 Å². The van der Waals surface area contributed by atoms with Gasteiger partial charge in [-0.3, -0.25) is 4.68 Å². The summed E-state index contributed by atoms with van der Waals surface area (Å²) >= 11 is 5.69. The number of nitrogens with zero attached hydrogens (tertiary/aromatic N) is 2. The van der Waals surface area contributed by atoms with Gasteiger partial charge in [-0.05, 0) is 11.6 Å². The number of hydrogen-bond donors (Lipinski definition) is 0. The Labute approximate surface area is 81.8 Å². The molecule has 2 rings (SSSR count). The van der Waals surface area contributed by atoms with Gasteiger partial charge in [0.05, 0.1) is 6.54 Å². The zero-order valence-electron chi connectivity index (χ0n) is 7.02. The van der Waals surface area contributed by atoms with Crippen LogP contribution in [0.4, 0.5) is 0 Å². The number of aromatic nitrogens is 2. The molecule has 0 saturated heterocycles. The lowest BCUT2D eigenvalue weighted by atomic mass is 10.2. The second kappa shape index (κ2) is 3.62. The number of rotatable bonds is 2. The molecular weight excluding hydrogens is 184 g/mol. The Morgan fingerprint density at radius 1 is 1.15 bits per heavy atom. The minimum atomic E-state index is 0.538. The molecule has 0 aliphatic heterocycles. The van der Waals surface area contributed by atoms with E-state index in [1.807, 2.05) is 29.1 Å². The maximum Gasteiger partial charge on any atom is 0.151 e. The molecular formula is C10H9ClN2. The summed E-state index contributed by atoms with van der Waals surface area (Å²) in [6, 6.07) is 11.9. The fraction of sp³-hybridized carbons (Fsp3) is 0.100. The molecule has 0 aliphatic carbocycles. The third-order valence-corrected chi connectivity index (χ3v) is 2.00. The molecule has 1 aromatic heterocycles. The molecule has 1 heterocycles. The standard InChI is InChI=1S/C10H9ClN2/c11-10-6-7-13(12-10)8-9-4-2-1-3-5-9/h1-7H,8H2. The van der Waals surface area contributed by atoms with Gasteiger partial charge < -0.3 is 0 Å². The first-order valence-electron chi connectivity index (χ1n) is 4.07. The Morgan fingerprint density at radius 3 is 2.54 bits per heavy atom. The molecule has 2 nitrogen and oxygen atoms in total. The van der Waals surface area contributed by atoms with Gasteiger partial charge in [0, 0.05) is 6.20 Å². The van der Waals surface area contributed by atoms with E-state index in [0.29, 0.717) is 5.15 Å². The average molecular weight is 193 g/mol. The fourth-order valence-electron chi connectivity index (χ4n) is 1.20. The van der Waals surface area contributed by atoms with E-state index in [0.717, 1.165) is 6.54 Å². The van der Waals surface area contributed by atoms with Crippen molar-refractivity contribution in [1.82, 2.24) is 9.78 Å². The molecule has 0 saturated carbocycles. The molecule has 0 unspecified atom stereocenters. The van der Waals surface area contributed by atoms with E-state index in [4.69, 9.17) is 11.6 Å². The topological polar surface area (TPSA) is 17.8 Å². The van der Waals surface area contributed by atoms with E-state index in [2.05, 4.69) is 17.2 Å². The van der Waals surface area contributed by atoms with Crippen LogP contribution in [-0.2, 0) is 6.54 Å². The first-order valence-corrected chi connectivity index (χ1v) is 4.45. The Hall–Kier alpha value is -1.28. The van der Waals surface area contributed by atoms with E-state index in [9.17, 15) is 0 Å². The highest BCUT2D eigenvalue weighted by Gasteiger charge is 1.95. The summed E-state index contributed by atoms with van der Waals surface area (Å²) in [4.78, 5) is 0. The Balaban J connectivity index is 2.15. The maximum atomic E-state index is 5.69. The van der Waals surface area contributed by atoms with Crippen molar-refractivity contribution in [1.29, 1.82) is 0 Å². The van der Waals surface area contributed by atoms with Gasteiger partial charge in [-0.15, -0.1) is 0 Å². The first kappa shape index (κ1) is 8.32. The third-order valence-electron chi connectivity index (χ3n) is 1.80. The molecule has 13 heavy (non-hydrogen) atoms. The normalized spacial score (nSPS) is 10.2. The van der Waals surface area contributed by atoms with Crippen LogP contribution < -0.4 is 0 Å². The van der Waals surface area contributed by atoms with Crippen molar-refractivity contribution < 1.29 is 0 Å². The van der Waals surface area contributed by atoms with Gasteiger partial charge in [-0.1, -0.05) is 41.9 Å². The van der Waals surface area contributed by atoms with Gasteiger partial charge in [-0.2, -0.15) is 5.10 Å². The van der Waals surface area contributed by atoms with Gasteiger partial charge in [0.1, 0.15) is 0 Å². The molecule has 0 aliphatic rings. The monoisotopic (exact) mass is 192 g/mol. The van der Waals surface area contributed by atoms with Crippen LogP contribution in [0.5, 0.6) is 0 Å². The van der Waals surface area contributed by atoms with Crippen molar-refractivity contribution in [2.75, 3.05) is 0 Å². The van der Waals surface area contributed by atoms with Gasteiger partial charge >= 0.3 is 0 Å². The Morgan fingerprint density at radius 2 is 1.92 bits per heavy atom. The van der Waals surface area contributed by atoms with Crippen LogP contribution in [0.2, 0.25) is 5.15 Å². The van der Waals surface area contributed by atoms with Crippen LogP contribution in [0.25, 0.3) is 0 Å². The number of hydrogen-bond acceptors (Lipinski definition) is 1. The Kier molecular flexibility index (Phi) is 2.32. The lowest BCUT2D eigenvalue weighted by molar-refractivity contribution is 0.687. The molecule has 1 aromatic carbocycles. The van der Waals surface area contributed by atoms with E-state index < -0.39 is 0 Å².